The van der Waals surface area contributed by atoms with Crippen LogP contribution in [0.2, 0.25) is 5.02 Å². The van der Waals surface area contributed by atoms with Crippen LogP contribution < -0.4 is 5.32 Å². The lowest BCUT2D eigenvalue weighted by Gasteiger charge is -2.06. The number of carbonyl (C=O) groups excluding carboxylic acids is 1. The molecule has 14 nitrogen and oxygen atoms in total. The van der Waals surface area contributed by atoms with E-state index in [0.29, 0.717) is 56.6 Å². The lowest BCUT2D eigenvalue weighted by atomic mass is 9.97. The first-order chi connectivity index (χ1) is 32.6. The van der Waals surface area contributed by atoms with Gasteiger partial charge in [0.15, 0.2) is 11.8 Å². The summed E-state index contributed by atoms with van der Waals surface area (Å²) in [6.45, 7) is 3.90. The van der Waals surface area contributed by atoms with Crippen molar-refractivity contribution >= 4 is 89.5 Å². The maximum absolute atomic E-state index is 12.6. The zero-order valence-corrected chi connectivity index (χ0v) is 36.8. The lowest BCUT2D eigenvalue weighted by molar-refractivity contribution is -0.110. The number of aromatic hydroxyl groups is 2. The van der Waals surface area contributed by atoms with Gasteiger partial charge in [0.05, 0.1) is 28.1 Å². The summed E-state index contributed by atoms with van der Waals surface area (Å²) >= 11 is 6.28. The van der Waals surface area contributed by atoms with Crippen molar-refractivity contribution < 1.29 is 19.8 Å². The Morgan fingerprint density at radius 1 is 0.618 bits per heavy atom. The Labute approximate surface area is 393 Å². The van der Waals surface area contributed by atoms with Gasteiger partial charge in [0.25, 0.3) is 5.91 Å². The number of hydrogen-bond donors (Lipinski definition) is 7. The third kappa shape index (κ3) is 7.52. The van der Waals surface area contributed by atoms with Crippen molar-refractivity contribution in [2.45, 2.75) is 27.7 Å². The molecular weight excluding hydrogens is 880 g/mol. The van der Waals surface area contributed by atoms with Crippen molar-refractivity contribution in [3.63, 3.8) is 0 Å². The van der Waals surface area contributed by atoms with Gasteiger partial charge in [-0.25, -0.2) is 0 Å². The number of allylic oxidation sites excluding steroid dienone is 1. The topological polar surface area (TPSA) is 213 Å². The van der Waals surface area contributed by atoms with Gasteiger partial charge in [-0.1, -0.05) is 115 Å². The van der Waals surface area contributed by atoms with Gasteiger partial charge in [-0.3, -0.25) is 4.79 Å². The molecule has 0 saturated heterocycles. The van der Waals surface area contributed by atoms with E-state index in [1.165, 1.54) is 7.11 Å². The average Bonchev–Trinajstić information content (AvgIpc) is 4.17. The number of nitrogens with one attached hydrogen (secondary N) is 5. The summed E-state index contributed by atoms with van der Waals surface area (Å²) in [5.74, 6) is -0.0806. The Bertz CT molecular complexity index is 3720. The first-order valence-electron chi connectivity index (χ1n) is 21.1. The second-order valence-electron chi connectivity index (χ2n) is 16.2. The van der Waals surface area contributed by atoms with Crippen molar-refractivity contribution in [3.05, 3.63) is 176 Å². The molecule has 15 heteroatoms. The number of anilines is 1. The van der Waals surface area contributed by atoms with Crippen LogP contribution in [-0.2, 0) is 16.1 Å². The number of nitrogens with zero attached hydrogens (tertiary/aromatic N) is 3. The maximum Gasteiger partial charge on any atom is 0.256 e. The molecule has 1 aliphatic carbocycles. The Hall–Kier alpha value is -8.75. The number of aromatic nitrogens is 4. The molecule has 4 aromatic heterocycles. The Morgan fingerprint density at radius 2 is 1.15 bits per heavy atom. The number of para-hydroxylation sites is 3. The Kier molecular flexibility index (Phi) is 11.7. The number of oxime groups is 1. The summed E-state index contributed by atoms with van der Waals surface area (Å²) in [6, 6.07) is 40.0. The first-order valence-corrected chi connectivity index (χ1v) is 21.5. The summed E-state index contributed by atoms with van der Waals surface area (Å²) in [5, 5.41) is 37.8. The van der Waals surface area contributed by atoms with E-state index in [4.69, 9.17) is 16.4 Å². The molecule has 0 saturated carbocycles. The van der Waals surface area contributed by atoms with Crippen LogP contribution in [-0.4, -0.2) is 48.9 Å². The van der Waals surface area contributed by atoms with Crippen LogP contribution in [0.15, 0.2) is 148 Å². The highest BCUT2D eigenvalue weighted by Crippen LogP contribution is 2.46. The molecule has 1 aliphatic heterocycles. The van der Waals surface area contributed by atoms with Gasteiger partial charge < -0.3 is 40.3 Å². The van der Waals surface area contributed by atoms with Crippen LogP contribution in [0.5, 0.6) is 11.8 Å². The van der Waals surface area contributed by atoms with Gasteiger partial charge in [0.2, 0.25) is 0 Å². The molecule has 5 heterocycles. The zero-order valence-electron chi connectivity index (χ0n) is 36.1. The molecular formula is C53H43ClN8O6. The molecule has 1 amide bonds. The van der Waals surface area contributed by atoms with Gasteiger partial charge in [-0.2, -0.15) is 0 Å². The molecule has 68 heavy (non-hydrogen) atoms. The molecule has 338 valence electrons. The molecule has 0 bridgehead atoms. The van der Waals surface area contributed by atoms with Crippen LogP contribution in [0.4, 0.5) is 17.1 Å². The number of carbonyl (C=O) groups is 1. The second kappa shape index (κ2) is 17.9. The number of fused-ring (bicyclic) bond motifs is 6. The number of H-pyrrole nitrogens is 4. The minimum absolute atomic E-state index is 0. The fourth-order valence-corrected chi connectivity index (χ4v) is 9.24. The molecule has 2 aliphatic rings. The molecule has 7 N–H and O–H groups in total. The van der Waals surface area contributed by atoms with Crippen molar-refractivity contribution in [3.8, 4) is 34.3 Å². The number of benzene rings is 6. The largest absolute Gasteiger partial charge is 0.494 e. The molecule has 0 fully saturated rings. The van der Waals surface area contributed by atoms with Gasteiger partial charge in [-0.15, -0.1) is 9.81 Å². The lowest BCUT2D eigenvalue weighted by Crippen LogP contribution is -2.10. The minimum atomic E-state index is -0.127. The summed E-state index contributed by atoms with van der Waals surface area (Å²) in [4.78, 5) is 52.5. The maximum atomic E-state index is 12.6. The summed E-state index contributed by atoms with van der Waals surface area (Å²) in [5.41, 5.74) is 14.0. The monoisotopic (exact) mass is 922 g/mol. The third-order valence-electron chi connectivity index (χ3n) is 12.1. The van der Waals surface area contributed by atoms with Crippen molar-refractivity contribution in [1.82, 2.24) is 19.9 Å². The fraction of sp³-hybridized carbons (Fsp3) is 0.0943. The van der Waals surface area contributed by atoms with Crippen LogP contribution in [0.1, 0.15) is 35.2 Å². The number of aryl methyl sites for hydroxylation is 2. The van der Waals surface area contributed by atoms with E-state index in [9.17, 15) is 24.8 Å². The number of hydrogen-bond acceptors (Lipinski definition) is 9. The fourth-order valence-electron chi connectivity index (χ4n) is 9.08. The van der Waals surface area contributed by atoms with E-state index in [1.807, 2.05) is 141 Å². The van der Waals surface area contributed by atoms with Crippen LogP contribution >= 0.6 is 11.6 Å². The molecule has 0 spiro atoms. The van der Waals surface area contributed by atoms with Crippen molar-refractivity contribution in [2.75, 3.05) is 12.4 Å². The summed E-state index contributed by atoms with van der Waals surface area (Å²) in [6.07, 6.45) is 0.645. The third-order valence-corrected chi connectivity index (χ3v) is 12.5. The highest BCUT2D eigenvalue weighted by atomic mass is 35.5. The van der Waals surface area contributed by atoms with Gasteiger partial charge >= 0.3 is 0 Å². The zero-order chi connectivity index (χ0) is 46.5. The minimum Gasteiger partial charge on any atom is -0.494 e. The smallest absolute Gasteiger partial charge is 0.256 e. The number of rotatable bonds is 5. The summed E-state index contributed by atoms with van der Waals surface area (Å²) in [7, 11) is 1.51. The highest BCUT2D eigenvalue weighted by molar-refractivity contribution is 6.39. The van der Waals surface area contributed by atoms with Gasteiger partial charge in [0.1, 0.15) is 24.2 Å². The number of amides is 1. The number of nitroso groups, excluding NO2 is 2. The number of aromatic amines is 4. The normalized spacial score (nSPS) is 14.2. The van der Waals surface area contributed by atoms with Gasteiger partial charge in [-0.05, 0) is 82.9 Å². The quantitative estimate of drug-likeness (QED) is 0.0506. The van der Waals surface area contributed by atoms with E-state index < -0.39 is 0 Å². The molecule has 0 atom stereocenters. The van der Waals surface area contributed by atoms with Crippen LogP contribution in [0.3, 0.4) is 0 Å². The van der Waals surface area contributed by atoms with E-state index in [2.05, 4.69) is 40.8 Å². The van der Waals surface area contributed by atoms with Crippen LogP contribution in [0.25, 0.3) is 71.7 Å². The van der Waals surface area contributed by atoms with Gasteiger partial charge in [0, 0.05) is 71.9 Å². The van der Waals surface area contributed by atoms with E-state index >= 15 is 0 Å². The van der Waals surface area contributed by atoms with E-state index in [0.717, 1.165) is 82.7 Å². The predicted molar refractivity (Wildman–Crippen MR) is 272 cm³/mol. The van der Waals surface area contributed by atoms with E-state index in [-0.39, 0.29) is 25.1 Å². The standard InChI is InChI=1S/C19H15ClN2O2.C17H13N3O2.C16H11N3O2.CH4/c1-10-7-16-13(9-15(10)20)17(19(23)21-16)14-8-11-5-3-4-6-12(11)18(14)22-24-2;1-9-6-7-10-13(8-9)19-17(21)14(10)16-15(20-22)11-4-2-3-5-12(11)18-16;20-16-13(9-5-1-3-7-11(9)18-16)15-14(19-21)10-6-2-4-8-12(10)17-15;/h3-7,9H,8H2,1-2H3,(H,21,23);2-8,18-19,21H,1H3;1-8,17-18,20H;1H4/b17-14+,22-18+;;;. The predicted octanol–water partition coefficient (Wildman–Crippen LogP) is 13.7. The SMILES string of the molecule is C.CO/N=C1/C(=C2/C(=O)Nc3cc(C)c(Cl)cc32)Cc2ccccc21.Cc1ccc2c(-c3[nH]c4ccccc4c3N=O)c(O)[nH]c2c1.O=Nc1c(-c2c(O)[nH]c3ccccc23)[nH]c2ccccc12. The summed E-state index contributed by atoms with van der Waals surface area (Å²) < 4.78 is 0. The van der Waals surface area contributed by atoms with Crippen molar-refractivity contribution in [2.24, 2.45) is 15.5 Å². The van der Waals surface area contributed by atoms with E-state index in [1.54, 1.807) is 0 Å². The molecule has 12 rings (SSSR count). The van der Waals surface area contributed by atoms with Crippen LogP contribution in [0, 0.1) is 23.7 Å². The molecule has 6 aromatic carbocycles. The molecule has 0 radical (unpaired) electrons. The number of halogens is 1. The van der Waals surface area contributed by atoms with Crippen molar-refractivity contribution in [1.29, 1.82) is 0 Å². The average molecular weight is 923 g/mol. The first kappa shape index (κ1) is 44.5. The Morgan fingerprint density at radius 3 is 1.75 bits per heavy atom. The Balaban J connectivity index is 0.000000127. The molecule has 0 unspecified atom stereocenters. The molecule has 10 aromatic rings. The highest BCUT2D eigenvalue weighted by Gasteiger charge is 2.34. The second-order valence-corrected chi connectivity index (χ2v) is 16.6.